The van der Waals surface area contributed by atoms with Crippen molar-refractivity contribution in [1.29, 1.82) is 0 Å². The Bertz CT molecular complexity index is 1060. The molecule has 2 aromatic rings. The van der Waals surface area contributed by atoms with E-state index in [1.54, 1.807) is 24.3 Å². The van der Waals surface area contributed by atoms with Crippen LogP contribution in [0, 0.1) is 17.8 Å². The molecule has 178 valence electrons. The normalized spacial score (nSPS) is 27.7. The Labute approximate surface area is 204 Å². The monoisotopic (exact) mass is 479 g/mol. The minimum atomic E-state index is -1.08. The van der Waals surface area contributed by atoms with E-state index in [4.69, 9.17) is 17.3 Å². The van der Waals surface area contributed by atoms with Crippen molar-refractivity contribution >= 4 is 35.0 Å². The first kappa shape index (κ1) is 22.9. The van der Waals surface area contributed by atoms with Crippen LogP contribution >= 0.6 is 11.6 Å². The molecule has 0 spiro atoms. The third-order valence-corrected chi connectivity index (χ3v) is 8.19. The van der Waals surface area contributed by atoms with Gasteiger partial charge in [0.05, 0.1) is 6.42 Å². The molecule has 4 aliphatic rings. The van der Waals surface area contributed by atoms with Crippen LogP contribution in [-0.2, 0) is 15.0 Å². The van der Waals surface area contributed by atoms with Gasteiger partial charge in [-0.05, 0) is 104 Å². The summed E-state index contributed by atoms with van der Waals surface area (Å²) >= 11 is 5.87. The molecule has 6 nitrogen and oxygen atoms in total. The summed E-state index contributed by atoms with van der Waals surface area (Å²) in [5.74, 6) is 0.964. The van der Waals surface area contributed by atoms with Gasteiger partial charge in [-0.15, -0.1) is 0 Å². The van der Waals surface area contributed by atoms with Crippen molar-refractivity contribution in [1.82, 2.24) is 5.32 Å². The highest BCUT2D eigenvalue weighted by Crippen LogP contribution is 2.60. The molecule has 7 heteroatoms. The fraction of sp³-hybridized carbons (Fsp3) is 0.444. The second-order valence-corrected chi connectivity index (χ2v) is 10.9. The average molecular weight is 480 g/mol. The van der Waals surface area contributed by atoms with Crippen LogP contribution in [0.15, 0.2) is 48.5 Å². The van der Waals surface area contributed by atoms with E-state index >= 15 is 0 Å². The molecule has 0 saturated heterocycles. The fourth-order valence-electron chi connectivity index (χ4n) is 6.85. The highest BCUT2D eigenvalue weighted by atomic mass is 35.5. The zero-order chi connectivity index (χ0) is 23.9. The van der Waals surface area contributed by atoms with Crippen LogP contribution < -0.4 is 16.4 Å². The van der Waals surface area contributed by atoms with Gasteiger partial charge in [-0.2, -0.15) is 0 Å². The van der Waals surface area contributed by atoms with E-state index in [9.17, 15) is 14.4 Å². The predicted molar refractivity (Wildman–Crippen MR) is 131 cm³/mol. The summed E-state index contributed by atoms with van der Waals surface area (Å²) in [5.41, 5.74) is 7.97. The summed E-state index contributed by atoms with van der Waals surface area (Å²) in [6, 6.07) is 13.3. The van der Waals surface area contributed by atoms with Crippen LogP contribution in [0.1, 0.15) is 60.9 Å². The van der Waals surface area contributed by atoms with Gasteiger partial charge in [0.15, 0.2) is 0 Å². The van der Waals surface area contributed by atoms with Gasteiger partial charge >= 0.3 is 0 Å². The number of rotatable bonds is 7. The zero-order valence-corrected chi connectivity index (χ0v) is 19.8. The van der Waals surface area contributed by atoms with Crippen LogP contribution in [0.3, 0.4) is 0 Å². The van der Waals surface area contributed by atoms with Crippen molar-refractivity contribution in [3.63, 3.8) is 0 Å². The number of anilines is 1. The second kappa shape index (κ2) is 9.06. The number of benzene rings is 2. The van der Waals surface area contributed by atoms with Crippen LogP contribution in [0.5, 0.6) is 0 Å². The molecule has 2 aromatic carbocycles. The standard InChI is InChI=1S/C27H30ClN3O3/c28-21-5-1-19(2-6-21)25(33)31-23(12-24(29)32)26(34)30-22-7-3-20(4-8-22)27-13-16-9-17(14-27)11-18(10-16)15-27/h1-8,16-18,23H,9-15H2,(H2,29,32)(H,30,34)(H,31,33)/t16?,17?,18?,23-,27?/m1/s1. The molecule has 4 N–H and O–H groups in total. The molecular weight excluding hydrogens is 450 g/mol. The number of primary amides is 1. The molecule has 4 saturated carbocycles. The Morgan fingerprint density at radius 2 is 1.47 bits per heavy atom. The van der Waals surface area contributed by atoms with Crippen LogP contribution in [-0.4, -0.2) is 23.8 Å². The topological polar surface area (TPSA) is 101 Å². The molecule has 0 unspecified atom stereocenters. The molecule has 0 heterocycles. The number of nitrogens with two attached hydrogens (primary N) is 1. The van der Waals surface area contributed by atoms with Crippen molar-refractivity contribution in [2.45, 2.75) is 56.4 Å². The molecule has 6 rings (SSSR count). The van der Waals surface area contributed by atoms with Gasteiger partial charge in [0, 0.05) is 16.3 Å². The first-order valence-electron chi connectivity index (χ1n) is 12.1. The van der Waals surface area contributed by atoms with E-state index in [2.05, 4.69) is 22.8 Å². The second-order valence-electron chi connectivity index (χ2n) is 10.5. The lowest BCUT2D eigenvalue weighted by Gasteiger charge is -2.57. The first-order chi connectivity index (χ1) is 16.3. The fourth-order valence-corrected chi connectivity index (χ4v) is 6.98. The molecule has 0 aliphatic heterocycles. The van der Waals surface area contributed by atoms with E-state index in [-0.39, 0.29) is 6.42 Å². The number of amides is 3. The van der Waals surface area contributed by atoms with Gasteiger partial charge in [-0.25, -0.2) is 0 Å². The van der Waals surface area contributed by atoms with Gasteiger partial charge < -0.3 is 16.4 Å². The third kappa shape index (κ3) is 4.69. The number of halogens is 1. The zero-order valence-electron chi connectivity index (χ0n) is 19.1. The molecule has 0 radical (unpaired) electrons. The quantitative estimate of drug-likeness (QED) is 0.547. The summed E-state index contributed by atoms with van der Waals surface area (Å²) in [4.78, 5) is 37.0. The summed E-state index contributed by atoms with van der Waals surface area (Å²) in [6.45, 7) is 0. The average Bonchev–Trinajstić information content (AvgIpc) is 2.78. The van der Waals surface area contributed by atoms with Crippen molar-refractivity contribution in [3.8, 4) is 0 Å². The van der Waals surface area contributed by atoms with Crippen LogP contribution in [0.25, 0.3) is 0 Å². The summed E-state index contributed by atoms with van der Waals surface area (Å²) in [6.07, 6.45) is 7.74. The summed E-state index contributed by atoms with van der Waals surface area (Å²) in [5, 5.41) is 5.94. The lowest BCUT2D eigenvalue weighted by atomic mass is 9.48. The number of nitrogens with one attached hydrogen (secondary N) is 2. The number of hydrogen-bond acceptors (Lipinski definition) is 3. The Hall–Kier alpha value is -2.86. The van der Waals surface area contributed by atoms with Gasteiger partial charge in [0.25, 0.3) is 5.91 Å². The summed E-state index contributed by atoms with van der Waals surface area (Å²) < 4.78 is 0. The van der Waals surface area contributed by atoms with Crippen molar-refractivity contribution < 1.29 is 14.4 Å². The Morgan fingerprint density at radius 3 is 2.00 bits per heavy atom. The van der Waals surface area contributed by atoms with E-state index in [0.717, 1.165) is 17.8 Å². The van der Waals surface area contributed by atoms with E-state index in [1.807, 2.05) is 12.1 Å². The highest BCUT2D eigenvalue weighted by Gasteiger charge is 2.51. The maximum absolute atomic E-state index is 12.9. The van der Waals surface area contributed by atoms with Crippen LogP contribution in [0.4, 0.5) is 5.69 Å². The molecule has 0 aromatic heterocycles. The van der Waals surface area contributed by atoms with Gasteiger partial charge in [0.1, 0.15) is 6.04 Å². The minimum absolute atomic E-state index is 0.290. The van der Waals surface area contributed by atoms with Gasteiger partial charge in [-0.1, -0.05) is 23.7 Å². The first-order valence-corrected chi connectivity index (χ1v) is 12.4. The lowest BCUT2D eigenvalue weighted by molar-refractivity contribution is -0.123. The largest absolute Gasteiger partial charge is 0.370 e. The molecule has 4 bridgehead atoms. The lowest BCUT2D eigenvalue weighted by Crippen LogP contribution is -2.48. The molecule has 4 aliphatic carbocycles. The van der Waals surface area contributed by atoms with Crippen molar-refractivity contribution in [3.05, 3.63) is 64.7 Å². The number of hydrogen-bond donors (Lipinski definition) is 3. The van der Waals surface area contributed by atoms with E-state index in [1.165, 1.54) is 44.1 Å². The predicted octanol–water partition coefficient (Wildman–Crippen LogP) is 4.42. The molecule has 1 atom stereocenters. The Balaban J connectivity index is 1.26. The van der Waals surface area contributed by atoms with Gasteiger partial charge in [0.2, 0.25) is 11.8 Å². The van der Waals surface area contributed by atoms with E-state index in [0.29, 0.717) is 21.7 Å². The summed E-state index contributed by atoms with van der Waals surface area (Å²) in [7, 11) is 0. The molecule has 4 fully saturated rings. The van der Waals surface area contributed by atoms with Gasteiger partial charge in [-0.3, -0.25) is 14.4 Å². The maximum atomic E-state index is 12.9. The van der Waals surface area contributed by atoms with Crippen molar-refractivity contribution in [2.24, 2.45) is 23.5 Å². The highest BCUT2D eigenvalue weighted by molar-refractivity contribution is 6.30. The van der Waals surface area contributed by atoms with Crippen LogP contribution in [0.2, 0.25) is 5.02 Å². The maximum Gasteiger partial charge on any atom is 0.251 e. The molecular formula is C27H30ClN3O3. The number of carbonyl (C=O) groups excluding carboxylic acids is 3. The Morgan fingerprint density at radius 1 is 0.912 bits per heavy atom. The minimum Gasteiger partial charge on any atom is -0.370 e. The van der Waals surface area contributed by atoms with E-state index < -0.39 is 23.8 Å². The number of carbonyl (C=O) groups is 3. The Kier molecular flexibility index (Phi) is 6.11. The van der Waals surface area contributed by atoms with Crippen molar-refractivity contribution in [2.75, 3.05) is 5.32 Å². The SMILES string of the molecule is NC(=O)C[C@@H](NC(=O)c1ccc(Cl)cc1)C(=O)Nc1ccc(C23CC4CC(CC(C4)C2)C3)cc1. The smallest absolute Gasteiger partial charge is 0.251 e. The molecule has 3 amide bonds. The third-order valence-electron chi connectivity index (χ3n) is 7.94. The molecule has 34 heavy (non-hydrogen) atoms.